The molecule has 1 heterocycles. The van der Waals surface area contributed by atoms with Crippen molar-refractivity contribution in [2.24, 2.45) is 5.92 Å². The molecule has 30 heavy (non-hydrogen) atoms. The summed E-state index contributed by atoms with van der Waals surface area (Å²) in [4.78, 5) is 50.8. The molecule has 2 aromatic carbocycles. The van der Waals surface area contributed by atoms with Gasteiger partial charge in [0.05, 0.1) is 0 Å². The molecule has 152 valence electrons. The summed E-state index contributed by atoms with van der Waals surface area (Å²) < 4.78 is 0. The van der Waals surface area contributed by atoms with Crippen LogP contribution in [0.4, 0.5) is 10.5 Å². The van der Waals surface area contributed by atoms with Crippen molar-refractivity contribution in [2.45, 2.75) is 30.7 Å². The summed E-state index contributed by atoms with van der Waals surface area (Å²) in [5.41, 5.74) is 2.55. The zero-order valence-corrected chi connectivity index (χ0v) is 16.5. The molecular weight excluding hydrogens is 382 g/mol. The van der Waals surface area contributed by atoms with Crippen LogP contribution >= 0.6 is 0 Å². The highest BCUT2D eigenvalue weighted by Gasteiger charge is 2.54. The topological polar surface area (TPSA) is 95.6 Å². The molecule has 1 aliphatic heterocycles. The molecule has 1 unspecified atom stereocenters. The van der Waals surface area contributed by atoms with Crippen LogP contribution in [-0.2, 0) is 27.2 Å². The van der Waals surface area contributed by atoms with Crippen molar-refractivity contribution in [1.29, 1.82) is 0 Å². The second-order valence-corrected chi connectivity index (χ2v) is 8.36. The minimum absolute atomic E-state index is 0.110. The number of nitrogens with one attached hydrogen (secondary N) is 2. The number of anilines is 1. The van der Waals surface area contributed by atoms with Gasteiger partial charge in [-0.3, -0.25) is 19.7 Å². The van der Waals surface area contributed by atoms with Crippen molar-refractivity contribution < 1.29 is 19.2 Å². The fourth-order valence-corrected chi connectivity index (χ4v) is 4.69. The van der Waals surface area contributed by atoms with Gasteiger partial charge < -0.3 is 10.2 Å². The van der Waals surface area contributed by atoms with Gasteiger partial charge in [0.1, 0.15) is 5.54 Å². The summed E-state index contributed by atoms with van der Waals surface area (Å²) in [6.45, 7) is 0. The molecule has 2 aliphatic carbocycles. The van der Waals surface area contributed by atoms with Gasteiger partial charge in [-0.15, -0.1) is 0 Å². The van der Waals surface area contributed by atoms with Crippen LogP contribution in [-0.4, -0.2) is 41.1 Å². The van der Waals surface area contributed by atoms with Gasteiger partial charge in [-0.1, -0.05) is 36.4 Å². The van der Waals surface area contributed by atoms with Crippen LogP contribution in [0.15, 0.2) is 48.5 Å². The molecule has 7 heteroatoms. The fourth-order valence-electron chi connectivity index (χ4n) is 4.69. The van der Waals surface area contributed by atoms with Crippen molar-refractivity contribution in [3.8, 4) is 0 Å². The molecule has 2 fully saturated rings. The fraction of sp³-hybridized carbons (Fsp3) is 0.304. The lowest BCUT2D eigenvalue weighted by Gasteiger charge is -2.27. The van der Waals surface area contributed by atoms with E-state index in [1.54, 1.807) is 19.2 Å². The quantitative estimate of drug-likeness (QED) is 0.603. The average molecular weight is 403 g/mol. The van der Waals surface area contributed by atoms with Crippen LogP contribution in [0.5, 0.6) is 0 Å². The number of benzene rings is 2. The van der Waals surface area contributed by atoms with Gasteiger partial charge in [0.15, 0.2) is 0 Å². The number of Topliss-reactive ketones (excluding diaryl/α,β-unsaturated/α-hetero) is 1. The number of nitrogens with zero attached hydrogens (tertiary/aromatic N) is 1. The molecule has 2 aromatic rings. The molecule has 0 bridgehead atoms. The number of hydrogen-bond acceptors (Lipinski definition) is 4. The molecule has 3 atom stereocenters. The van der Waals surface area contributed by atoms with Gasteiger partial charge in [0.25, 0.3) is 11.8 Å². The lowest BCUT2D eigenvalue weighted by Crippen LogP contribution is -2.48. The van der Waals surface area contributed by atoms with Crippen LogP contribution in [0.3, 0.4) is 0 Å². The SMILES string of the molecule is CN1C(=O)NC(=O)C12Cc1ccc(NC(=O)C(=O)[C@@H]3C[C@H]3c3ccccc3)cc1C2. The summed E-state index contributed by atoms with van der Waals surface area (Å²) in [5.74, 6) is -1.48. The molecule has 0 aromatic heterocycles. The molecule has 4 amide bonds. The lowest BCUT2D eigenvalue weighted by atomic mass is 9.95. The average Bonchev–Trinajstić information content (AvgIpc) is 3.41. The van der Waals surface area contributed by atoms with Crippen LogP contribution in [0.2, 0.25) is 0 Å². The zero-order valence-electron chi connectivity index (χ0n) is 16.5. The smallest absolute Gasteiger partial charge is 0.319 e. The monoisotopic (exact) mass is 403 g/mol. The lowest BCUT2D eigenvalue weighted by molar-refractivity contribution is -0.135. The van der Waals surface area contributed by atoms with Gasteiger partial charge in [-0.2, -0.15) is 0 Å². The van der Waals surface area contributed by atoms with Crippen LogP contribution in [0.1, 0.15) is 29.0 Å². The Morgan fingerprint density at radius 2 is 1.80 bits per heavy atom. The van der Waals surface area contributed by atoms with Crippen molar-refractivity contribution >= 4 is 29.3 Å². The number of ketones is 1. The number of carbonyl (C=O) groups excluding carboxylic acids is 4. The van der Waals surface area contributed by atoms with E-state index < -0.39 is 23.3 Å². The first kappa shape index (κ1) is 18.5. The van der Waals surface area contributed by atoms with Crippen molar-refractivity contribution in [2.75, 3.05) is 12.4 Å². The van der Waals surface area contributed by atoms with Crippen molar-refractivity contribution in [3.05, 3.63) is 65.2 Å². The number of hydrogen-bond donors (Lipinski definition) is 2. The predicted molar refractivity (Wildman–Crippen MR) is 109 cm³/mol. The van der Waals surface area contributed by atoms with Crippen LogP contribution in [0.25, 0.3) is 0 Å². The highest BCUT2D eigenvalue weighted by molar-refractivity contribution is 6.42. The Bertz CT molecular complexity index is 1100. The first-order chi connectivity index (χ1) is 14.4. The van der Waals surface area contributed by atoms with E-state index in [9.17, 15) is 19.2 Å². The number of fused-ring (bicyclic) bond motifs is 1. The Labute approximate surface area is 173 Å². The van der Waals surface area contributed by atoms with E-state index in [1.165, 1.54) is 4.90 Å². The number of likely N-dealkylation sites (N-methyl/N-ethyl adjacent to an activating group) is 1. The van der Waals surface area contributed by atoms with Gasteiger partial charge in [-0.05, 0) is 41.2 Å². The minimum Gasteiger partial charge on any atom is -0.319 e. The number of carbonyl (C=O) groups is 4. The number of urea groups is 1. The molecule has 1 saturated heterocycles. The molecule has 1 saturated carbocycles. The second kappa shape index (κ2) is 6.52. The maximum atomic E-state index is 12.5. The minimum atomic E-state index is -0.908. The normalized spacial score (nSPS) is 26.5. The molecule has 5 rings (SSSR count). The van der Waals surface area contributed by atoms with Gasteiger partial charge in [0.2, 0.25) is 5.78 Å². The van der Waals surface area contributed by atoms with Crippen LogP contribution in [0, 0.1) is 5.92 Å². The summed E-state index contributed by atoms with van der Waals surface area (Å²) in [7, 11) is 1.62. The van der Waals surface area contributed by atoms with Gasteiger partial charge >= 0.3 is 6.03 Å². The van der Waals surface area contributed by atoms with Crippen molar-refractivity contribution in [3.63, 3.8) is 0 Å². The first-order valence-electron chi connectivity index (χ1n) is 10.0. The highest BCUT2D eigenvalue weighted by Crippen LogP contribution is 2.48. The van der Waals surface area contributed by atoms with Gasteiger partial charge in [-0.25, -0.2) is 4.79 Å². The molecule has 0 radical (unpaired) electrons. The summed E-state index contributed by atoms with van der Waals surface area (Å²) in [6.07, 6.45) is 1.51. The molecule has 2 N–H and O–H groups in total. The molecule has 7 nitrogen and oxygen atoms in total. The Morgan fingerprint density at radius 3 is 2.50 bits per heavy atom. The summed E-state index contributed by atoms with van der Waals surface area (Å²) in [6, 6.07) is 14.7. The summed E-state index contributed by atoms with van der Waals surface area (Å²) in [5, 5.41) is 5.07. The first-order valence-corrected chi connectivity index (χ1v) is 10.0. The largest absolute Gasteiger partial charge is 0.324 e. The van der Waals surface area contributed by atoms with E-state index in [4.69, 9.17) is 0 Å². The Kier molecular flexibility index (Phi) is 4.03. The second-order valence-electron chi connectivity index (χ2n) is 8.36. The number of amides is 4. The summed E-state index contributed by atoms with van der Waals surface area (Å²) >= 11 is 0. The van der Waals surface area contributed by atoms with Crippen molar-refractivity contribution in [1.82, 2.24) is 10.2 Å². The maximum Gasteiger partial charge on any atom is 0.324 e. The zero-order chi connectivity index (χ0) is 21.0. The molecule has 1 spiro atoms. The maximum absolute atomic E-state index is 12.5. The number of rotatable bonds is 4. The van der Waals surface area contributed by atoms with E-state index >= 15 is 0 Å². The third kappa shape index (κ3) is 2.81. The third-order valence-corrected chi connectivity index (χ3v) is 6.60. The molecule has 3 aliphatic rings. The van der Waals surface area contributed by atoms with Gasteiger partial charge in [0, 0.05) is 31.5 Å². The van der Waals surface area contributed by atoms with E-state index in [-0.39, 0.29) is 17.7 Å². The van der Waals surface area contributed by atoms with Crippen LogP contribution < -0.4 is 10.6 Å². The predicted octanol–water partition coefficient (Wildman–Crippen LogP) is 2.02. The van der Waals surface area contributed by atoms with E-state index in [0.29, 0.717) is 24.9 Å². The highest BCUT2D eigenvalue weighted by atomic mass is 16.2. The van der Waals surface area contributed by atoms with E-state index in [0.717, 1.165) is 16.7 Å². The Balaban J connectivity index is 1.27. The Hall–Kier alpha value is -3.48. The third-order valence-electron chi connectivity index (χ3n) is 6.60. The number of imide groups is 1. The van der Waals surface area contributed by atoms with E-state index in [1.807, 2.05) is 36.4 Å². The Morgan fingerprint density at radius 1 is 1.07 bits per heavy atom. The molecular formula is C23H21N3O4. The standard InChI is InChI=1S/C23H21N3O4/c1-26-22(30)25-21(29)23(26)11-14-7-8-16(9-15(14)12-23)24-20(28)19(27)18-10-17(18)13-5-3-2-4-6-13/h2-9,17-18H,10-12H2,1H3,(H,24,28)(H,25,29,30)/t17-,18+,23?/m0/s1. The van der Waals surface area contributed by atoms with E-state index in [2.05, 4.69) is 10.6 Å².